The number of fused-ring (bicyclic) bond motifs is 1. The van der Waals surface area contributed by atoms with Gasteiger partial charge in [-0.15, -0.1) is 0 Å². The number of hydrogen-bond acceptors (Lipinski definition) is 3. The average molecular weight is 296 g/mol. The molecule has 1 heterocycles. The fraction of sp³-hybridized carbons (Fsp3) is 0.333. The van der Waals surface area contributed by atoms with Gasteiger partial charge in [-0.05, 0) is 38.2 Å². The lowest BCUT2D eigenvalue weighted by Gasteiger charge is -2.06. The second-order valence-electron chi connectivity index (χ2n) is 3.86. The Hall–Kier alpha value is -1.20. The summed E-state index contributed by atoms with van der Waals surface area (Å²) in [6.07, 6.45) is 2.53. The summed E-state index contributed by atoms with van der Waals surface area (Å²) < 4.78 is 2.60. The van der Waals surface area contributed by atoms with Gasteiger partial charge in [0.1, 0.15) is 0 Å². The molecule has 1 aromatic heterocycles. The molecule has 1 aromatic carbocycles. The Bertz CT molecular complexity index is 579. The number of rotatable bonds is 4. The van der Waals surface area contributed by atoms with E-state index in [4.69, 9.17) is 0 Å². The second-order valence-corrected chi connectivity index (χ2v) is 4.78. The summed E-state index contributed by atoms with van der Waals surface area (Å²) in [6, 6.07) is 5.53. The van der Waals surface area contributed by atoms with Gasteiger partial charge in [0, 0.05) is 11.0 Å². The normalized spacial score (nSPS) is 10.9. The summed E-state index contributed by atoms with van der Waals surface area (Å²) in [6.45, 7) is 1.59. The van der Waals surface area contributed by atoms with Crippen molar-refractivity contribution in [2.75, 3.05) is 13.6 Å². The first-order valence-corrected chi connectivity index (χ1v) is 6.31. The number of aryl methyl sites for hydroxylation is 1. The third kappa shape index (κ3) is 2.73. The molecule has 0 fully saturated rings. The van der Waals surface area contributed by atoms with E-state index >= 15 is 0 Å². The van der Waals surface area contributed by atoms with Crippen LogP contribution in [-0.4, -0.2) is 23.1 Å². The smallest absolute Gasteiger partial charge is 0.261 e. The van der Waals surface area contributed by atoms with Crippen LogP contribution in [0.4, 0.5) is 0 Å². The summed E-state index contributed by atoms with van der Waals surface area (Å²) in [7, 11) is 1.90. The molecule has 0 aliphatic rings. The van der Waals surface area contributed by atoms with Gasteiger partial charge in [-0.2, -0.15) is 0 Å². The summed E-state index contributed by atoms with van der Waals surface area (Å²) >= 11 is 3.37. The van der Waals surface area contributed by atoms with E-state index in [0.717, 1.165) is 23.0 Å². The number of aromatic nitrogens is 2. The lowest BCUT2D eigenvalue weighted by atomic mass is 10.2. The van der Waals surface area contributed by atoms with Crippen molar-refractivity contribution in [2.24, 2.45) is 0 Å². The van der Waals surface area contributed by atoms with Gasteiger partial charge in [-0.1, -0.05) is 15.9 Å². The Balaban J connectivity index is 2.37. The summed E-state index contributed by atoms with van der Waals surface area (Å²) in [5.74, 6) is 0. The first-order valence-electron chi connectivity index (χ1n) is 5.51. The van der Waals surface area contributed by atoms with Gasteiger partial charge in [0.15, 0.2) is 0 Å². The van der Waals surface area contributed by atoms with Crippen LogP contribution in [0, 0.1) is 0 Å². The molecular formula is C12H14BrN3O. The van der Waals surface area contributed by atoms with E-state index in [2.05, 4.69) is 26.2 Å². The van der Waals surface area contributed by atoms with Crippen LogP contribution >= 0.6 is 15.9 Å². The molecule has 2 rings (SSSR count). The van der Waals surface area contributed by atoms with E-state index in [-0.39, 0.29) is 5.56 Å². The van der Waals surface area contributed by atoms with E-state index in [1.807, 2.05) is 25.2 Å². The molecule has 0 unspecified atom stereocenters. The van der Waals surface area contributed by atoms with Crippen molar-refractivity contribution in [1.82, 2.24) is 14.9 Å². The molecule has 0 radical (unpaired) electrons. The SMILES string of the molecule is CNCCCn1cnc2cc(Br)ccc2c1=O. The van der Waals surface area contributed by atoms with Crippen molar-refractivity contribution < 1.29 is 0 Å². The lowest BCUT2D eigenvalue weighted by molar-refractivity contribution is 0.594. The highest BCUT2D eigenvalue weighted by Crippen LogP contribution is 2.14. The Kier molecular flexibility index (Phi) is 3.91. The number of halogens is 1. The van der Waals surface area contributed by atoms with Crippen LogP contribution in [0.5, 0.6) is 0 Å². The quantitative estimate of drug-likeness (QED) is 0.875. The minimum atomic E-state index is 0.0265. The van der Waals surface area contributed by atoms with Crippen LogP contribution in [0.15, 0.2) is 33.8 Å². The molecule has 1 N–H and O–H groups in total. The summed E-state index contributed by atoms with van der Waals surface area (Å²) in [5.41, 5.74) is 0.757. The van der Waals surface area contributed by atoms with Crippen LogP contribution < -0.4 is 10.9 Å². The third-order valence-corrected chi connectivity index (χ3v) is 3.11. The van der Waals surface area contributed by atoms with E-state index < -0.39 is 0 Å². The van der Waals surface area contributed by atoms with E-state index in [9.17, 15) is 4.79 Å². The fourth-order valence-corrected chi connectivity index (χ4v) is 2.07. The number of benzene rings is 1. The van der Waals surface area contributed by atoms with Crippen molar-refractivity contribution in [3.63, 3.8) is 0 Å². The van der Waals surface area contributed by atoms with E-state index in [0.29, 0.717) is 11.9 Å². The summed E-state index contributed by atoms with van der Waals surface area (Å²) in [5, 5.41) is 3.73. The predicted octanol–water partition coefficient (Wildman–Crippen LogP) is 1.77. The van der Waals surface area contributed by atoms with Gasteiger partial charge in [0.25, 0.3) is 5.56 Å². The zero-order valence-corrected chi connectivity index (χ0v) is 11.2. The molecule has 0 amide bonds. The Morgan fingerprint density at radius 2 is 2.29 bits per heavy atom. The highest BCUT2D eigenvalue weighted by Gasteiger charge is 2.03. The molecular weight excluding hydrogens is 282 g/mol. The zero-order valence-electron chi connectivity index (χ0n) is 9.61. The van der Waals surface area contributed by atoms with Crippen LogP contribution in [0.25, 0.3) is 10.9 Å². The minimum absolute atomic E-state index is 0.0265. The third-order valence-electron chi connectivity index (χ3n) is 2.61. The zero-order chi connectivity index (χ0) is 12.3. The van der Waals surface area contributed by atoms with Crippen molar-refractivity contribution >= 4 is 26.8 Å². The number of nitrogens with one attached hydrogen (secondary N) is 1. The molecule has 5 heteroatoms. The Morgan fingerprint density at radius 1 is 1.47 bits per heavy atom. The molecule has 17 heavy (non-hydrogen) atoms. The molecule has 0 spiro atoms. The maximum absolute atomic E-state index is 12.1. The largest absolute Gasteiger partial charge is 0.320 e. The fourth-order valence-electron chi connectivity index (χ4n) is 1.72. The highest BCUT2D eigenvalue weighted by atomic mass is 79.9. The Labute approximate surface area is 108 Å². The maximum Gasteiger partial charge on any atom is 0.261 e. The first-order chi connectivity index (χ1) is 8.22. The molecule has 0 atom stereocenters. The topological polar surface area (TPSA) is 46.9 Å². The van der Waals surface area contributed by atoms with Crippen molar-refractivity contribution in [3.05, 3.63) is 39.4 Å². The van der Waals surface area contributed by atoms with Gasteiger partial charge < -0.3 is 5.32 Å². The number of hydrogen-bond donors (Lipinski definition) is 1. The van der Waals surface area contributed by atoms with Crippen molar-refractivity contribution in [3.8, 4) is 0 Å². The van der Waals surface area contributed by atoms with Crippen LogP contribution in [0.1, 0.15) is 6.42 Å². The highest BCUT2D eigenvalue weighted by molar-refractivity contribution is 9.10. The maximum atomic E-state index is 12.1. The monoisotopic (exact) mass is 295 g/mol. The standard InChI is InChI=1S/C12H14BrN3O/c1-14-5-2-6-16-8-15-11-7-9(13)3-4-10(11)12(16)17/h3-4,7-8,14H,2,5-6H2,1H3. The van der Waals surface area contributed by atoms with Gasteiger partial charge in [0.05, 0.1) is 17.2 Å². The Morgan fingerprint density at radius 3 is 3.06 bits per heavy atom. The molecule has 0 aliphatic heterocycles. The lowest BCUT2D eigenvalue weighted by Crippen LogP contribution is -2.22. The predicted molar refractivity (Wildman–Crippen MR) is 72.2 cm³/mol. The van der Waals surface area contributed by atoms with Gasteiger partial charge in [-0.25, -0.2) is 4.98 Å². The van der Waals surface area contributed by atoms with Crippen molar-refractivity contribution in [1.29, 1.82) is 0 Å². The molecule has 90 valence electrons. The van der Waals surface area contributed by atoms with Crippen LogP contribution in [0.2, 0.25) is 0 Å². The molecule has 0 aliphatic carbocycles. The van der Waals surface area contributed by atoms with E-state index in [1.165, 1.54) is 0 Å². The second kappa shape index (κ2) is 5.42. The molecule has 0 saturated heterocycles. The van der Waals surface area contributed by atoms with E-state index in [1.54, 1.807) is 10.9 Å². The average Bonchev–Trinajstić information content (AvgIpc) is 2.32. The summed E-state index contributed by atoms with van der Waals surface area (Å²) in [4.78, 5) is 16.4. The molecule has 0 bridgehead atoms. The first kappa shape index (κ1) is 12.3. The number of nitrogens with zero attached hydrogens (tertiary/aromatic N) is 2. The molecule has 0 saturated carbocycles. The van der Waals surface area contributed by atoms with Gasteiger partial charge >= 0.3 is 0 Å². The van der Waals surface area contributed by atoms with Crippen LogP contribution in [-0.2, 0) is 6.54 Å². The van der Waals surface area contributed by atoms with Crippen LogP contribution in [0.3, 0.4) is 0 Å². The van der Waals surface area contributed by atoms with Crippen molar-refractivity contribution in [2.45, 2.75) is 13.0 Å². The molecule has 2 aromatic rings. The molecule has 4 nitrogen and oxygen atoms in total. The van der Waals surface area contributed by atoms with Gasteiger partial charge in [-0.3, -0.25) is 9.36 Å². The van der Waals surface area contributed by atoms with Gasteiger partial charge in [0.2, 0.25) is 0 Å². The minimum Gasteiger partial charge on any atom is -0.320 e.